The zero-order valence-corrected chi connectivity index (χ0v) is 12.8. The van der Waals surface area contributed by atoms with E-state index in [1.54, 1.807) is 0 Å². The average molecular weight is 293 g/mol. The number of likely N-dealkylation sites (tertiary alicyclic amines) is 1. The molecule has 21 heavy (non-hydrogen) atoms. The normalized spacial score (nSPS) is 18.4. The van der Waals surface area contributed by atoms with Crippen molar-refractivity contribution in [2.75, 3.05) is 30.7 Å². The highest BCUT2D eigenvalue weighted by molar-refractivity contribution is 5.91. The van der Waals surface area contributed by atoms with Crippen molar-refractivity contribution in [3.8, 4) is 0 Å². The number of amides is 1. The number of anilines is 2. The van der Waals surface area contributed by atoms with E-state index in [4.69, 9.17) is 5.73 Å². The third kappa shape index (κ3) is 4.70. The van der Waals surface area contributed by atoms with E-state index >= 15 is 0 Å². The summed E-state index contributed by atoms with van der Waals surface area (Å²) in [5.74, 6) is -0.534. The van der Waals surface area contributed by atoms with Crippen molar-refractivity contribution >= 4 is 17.3 Å². The number of nitrogens with two attached hydrogens (primary N) is 1. The predicted octanol–water partition coefficient (Wildman–Crippen LogP) is 2.86. The molecule has 1 aliphatic heterocycles. The Labute approximate surface area is 125 Å². The Morgan fingerprint density at radius 2 is 2.24 bits per heavy atom. The molecule has 4 nitrogen and oxygen atoms in total. The molecule has 0 spiro atoms. The fraction of sp³-hybridized carbons (Fsp3) is 0.562. The number of carbonyl (C=O) groups is 1. The lowest BCUT2D eigenvalue weighted by Gasteiger charge is -2.37. The average Bonchev–Trinajstić information content (AvgIpc) is 2.40. The van der Waals surface area contributed by atoms with Gasteiger partial charge >= 0.3 is 0 Å². The summed E-state index contributed by atoms with van der Waals surface area (Å²) in [5, 5.41) is 2.76. The molecule has 3 N–H and O–H groups in total. The van der Waals surface area contributed by atoms with Gasteiger partial charge in [0.25, 0.3) is 0 Å². The number of piperidine rings is 1. The van der Waals surface area contributed by atoms with Crippen molar-refractivity contribution in [2.45, 2.75) is 33.1 Å². The minimum Gasteiger partial charge on any atom is -0.396 e. The maximum absolute atomic E-state index is 13.1. The summed E-state index contributed by atoms with van der Waals surface area (Å²) in [6.45, 7) is 7.37. The Balaban J connectivity index is 1.80. The lowest BCUT2D eigenvalue weighted by molar-refractivity contribution is -0.116. The Hall–Kier alpha value is -1.62. The summed E-state index contributed by atoms with van der Waals surface area (Å²) in [6.07, 6.45) is 2.86. The maximum atomic E-state index is 13.1. The van der Waals surface area contributed by atoms with E-state index < -0.39 is 5.82 Å². The van der Waals surface area contributed by atoms with E-state index in [9.17, 15) is 9.18 Å². The van der Waals surface area contributed by atoms with Crippen LogP contribution in [0.15, 0.2) is 18.2 Å². The molecule has 0 aliphatic carbocycles. The monoisotopic (exact) mass is 293 g/mol. The van der Waals surface area contributed by atoms with Crippen molar-refractivity contribution in [2.24, 2.45) is 5.41 Å². The van der Waals surface area contributed by atoms with E-state index in [0.717, 1.165) is 19.6 Å². The number of carbonyl (C=O) groups excluding carboxylic acids is 1. The van der Waals surface area contributed by atoms with Gasteiger partial charge in [0, 0.05) is 25.2 Å². The molecule has 0 aromatic heterocycles. The molecular weight excluding hydrogens is 269 g/mol. The Kier molecular flexibility index (Phi) is 4.83. The second-order valence-electron chi connectivity index (χ2n) is 6.58. The quantitative estimate of drug-likeness (QED) is 0.839. The van der Waals surface area contributed by atoms with Gasteiger partial charge in [-0.25, -0.2) is 4.39 Å². The summed E-state index contributed by atoms with van der Waals surface area (Å²) in [6, 6.07) is 4.23. The molecule has 5 heteroatoms. The second-order valence-corrected chi connectivity index (χ2v) is 6.58. The molecule has 1 heterocycles. The molecule has 0 saturated carbocycles. The van der Waals surface area contributed by atoms with Crippen LogP contribution in [0.25, 0.3) is 0 Å². The van der Waals surface area contributed by atoms with Crippen LogP contribution in [0.1, 0.15) is 33.1 Å². The van der Waals surface area contributed by atoms with Crippen molar-refractivity contribution in [3.05, 3.63) is 24.0 Å². The van der Waals surface area contributed by atoms with Crippen LogP contribution < -0.4 is 11.1 Å². The lowest BCUT2D eigenvalue weighted by atomic mass is 9.84. The number of nitrogens with one attached hydrogen (secondary N) is 1. The third-order valence-corrected chi connectivity index (χ3v) is 3.91. The van der Waals surface area contributed by atoms with Crippen LogP contribution >= 0.6 is 0 Å². The molecule has 0 atom stereocenters. The van der Waals surface area contributed by atoms with E-state index in [1.165, 1.54) is 31.0 Å². The lowest BCUT2D eigenvalue weighted by Crippen LogP contribution is -2.41. The highest BCUT2D eigenvalue weighted by Crippen LogP contribution is 2.28. The number of rotatable bonds is 4. The molecule has 1 fully saturated rings. The molecule has 1 amide bonds. The van der Waals surface area contributed by atoms with Crippen LogP contribution in [-0.4, -0.2) is 30.4 Å². The number of nitrogens with zero attached hydrogens (tertiary/aromatic N) is 1. The van der Waals surface area contributed by atoms with Gasteiger partial charge in [-0.3, -0.25) is 4.79 Å². The summed E-state index contributed by atoms with van der Waals surface area (Å²) >= 11 is 0. The fourth-order valence-corrected chi connectivity index (χ4v) is 2.84. The first-order chi connectivity index (χ1) is 9.85. The molecular formula is C16H24FN3O. The summed E-state index contributed by atoms with van der Waals surface area (Å²) in [7, 11) is 0. The molecule has 0 unspecified atom stereocenters. The van der Waals surface area contributed by atoms with Gasteiger partial charge < -0.3 is 16.0 Å². The minimum atomic E-state index is -0.469. The zero-order valence-electron chi connectivity index (χ0n) is 12.8. The van der Waals surface area contributed by atoms with Crippen molar-refractivity contribution in [1.82, 2.24) is 4.90 Å². The standard InChI is InChI=1S/C16H24FN3O/c1-16(2)7-3-8-20(11-16)9-6-15(21)19-12-4-5-13(17)14(18)10-12/h4-5,10H,3,6-9,11,18H2,1-2H3,(H,19,21). The van der Waals surface area contributed by atoms with Crippen molar-refractivity contribution in [3.63, 3.8) is 0 Å². The van der Waals surface area contributed by atoms with Crippen LogP contribution in [0.3, 0.4) is 0 Å². The first-order valence-corrected chi connectivity index (χ1v) is 7.43. The van der Waals surface area contributed by atoms with Crippen LogP contribution in [0.2, 0.25) is 0 Å². The van der Waals surface area contributed by atoms with Crippen molar-refractivity contribution in [1.29, 1.82) is 0 Å². The van der Waals surface area contributed by atoms with Gasteiger partial charge in [-0.1, -0.05) is 13.8 Å². The molecule has 1 saturated heterocycles. The van der Waals surface area contributed by atoms with Gasteiger partial charge in [-0.05, 0) is 43.0 Å². The smallest absolute Gasteiger partial charge is 0.225 e. The van der Waals surface area contributed by atoms with Gasteiger partial charge in [0.2, 0.25) is 5.91 Å². The third-order valence-electron chi connectivity index (χ3n) is 3.91. The molecule has 0 bridgehead atoms. The number of halogens is 1. The van der Waals surface area contributed by atoms with Crippen LogP contribution in [-0.2, 0) is 4.79 Å². The fourth-order valence-electron chi connectivity index (χ4n) is 2.84. The van der Waals surface area contributed by atoms with Crippen LogP contribution in [0, 0.1) is 11.2 Å². The minimum absolute atomic E-state index is 0.0468. The largest absolute Gasteiger partial charge is 0.396 e. The molecule has 2 rings (SSSR count). The highest BCUT2D eigenvalue weighted by atomic mass is 19.1. The van der Waals surface area contributed by atoms with E-state index in [1.807, 2.05) is 0 Å². The number of benzene rings is 1. The first kappa shape index (κ1) is 15.8. The van der Waals surface area contributed by atoms with Gasteiger partial charge in [0.1, 0.15) is 5.82 Å². The Morgan fingerprint density at radius 1 is 1.48 bits per heavy atom. The predicted molar refractivity (Wildman–Crippen MR) is 83.5 cm³/mol. The Morgan fingerprint density at radius 3 is 2.90 bits per heavy atom. The van der Waals surface area contributed by atoms with Crippen LogP contribution in [0.5, 0.6) is 0 Å². The number of nitrogen functional groups attached to an aromatic ring is 1. The van der Waals surface area contributed by atoms with Crippen LogP contribution in [0.4, 0.5) is 15.8 Å². The topological polar surface area (TPSA) is 58.4 Å². The van der Waals surface area contributed by atoms with E-state index in [-0.39, 0.29) is 11.6 Å². The van der Waals surface area contributed by atoms with Gasteiger partial charge in [-0.15, -0.1) is 0 Å². The van der Waals surface area contributed by atoms with Crippen molar-refractivity contribution < 1.29 is 9.18 Å². The summed E-state index contributed by atoms with van der Waals surface area (Å²) in [5.41, 5.74) is 6.40. The summed E-state index contributed by atoms with van der Waals surface area (Å²) < 4.78 is 13.1. The number of hydrogen-bond donors (Lipinski definition) is 2. The Bertz CT molecular complexity index is 516. The molecule has 116 valence electrons. The number of hydrogen-bond acceptors (Lipinski definition) is 3. The van der Waals surface area contributed by atoms with E-state index in [2.05, 4.69) is 24.1 Å². The first-order valence-electron chi connectivity index (χ1n) is 7.43. The maximum Gasteiger partial charge on any atom is 0.225 e. The summed E-state index contributed by atoms with van der Waals surface area (Å²) in [4.78, 5) is 14.3. The van der Waals surface area contributed by atoms with Gasteiger partial charge in [0.05, 0.1) is 5.69 Å². The molecule has 1 aromatic carbocycles. The SMILES string of the molecule is CC1(C)CCCN(CCC(=O)Nc2ccc(F)c(N)c2)C1. The molecule has 1 aromatic rings. The zero-order chi connectivity index (χ0) is 15.5. The molecule has 1 aliphatic rings. The highest BCUT2D eigenvalue weighted by Gasteiger charge is 2.26. The second kappa shape index (κ2) is 6.43. The molecule has 0 radical (unpaired) electrons. The van der Waals surface area contributed by atoms with E-state index in [0.29, 0.717) is 17.5 Å². The van der Waals surface area contributed by atoms with Gasteiger partial charge in [-0.2, -0.15) is 0 Å². The van der Waals surface area contributed by atoms with Gasteiger partial charge in [0.15, 0.2) is 0 Å².